The van der Waals surface area contributed by atoms with E-state index in [0.29, 0.717) is 0 Å². The van der Waals surface area contributed by atoms with Crippen molar-refractivity contribution in [3.05, 3.63) is 29.8 Å². The number of ether oxygens (including phenoxy) is 1. The van der Waals surface area contributed by atoms with Crippen molar-refractivity contribution in [2.24, 2.45) is 0 Å². The van der Waals surface area contributed by atoms with Gasteiger partial charge in [-0.15, -0.1) is 0 Å². The number of hydrogen-bond acceptors (Lipinski definition) is 3. The third-order valence-corrected chi connectivity index (χ3v) is 1.74. The van der Waals surface area contributed by atoms with E-state index in [-0.39, 0.29) is 13.2 Å². The summed E-state index contributed by atoms with van der Waals surface area (Å²) in [6.07, 6.45) is -0.806. The average molecular weight is 182 g/mol. The van der Waals surface area contributed by atoms with Gasteiger partial charge in [0, 0.05) is 0 Å². The smallest absolute Gasteiger partial charge is 0.122 e. The number of aliphatic hydroxyl groups excluding tert-OH is 2. The summed E-state index contributed by atoms with van der Waals surface area (Å²) in [5.41, 5.74) is 1.02. The standard InChI is InChI=1S/C10H14O3/c1-8-4-2-3-5-10(8)13-7-9(12)6-11/h2-5,9,11-12H,6-7H2,1H3/t9-/m0/s1. The quantitative estimate of drug-likeness (QED) is 0.721. The van der Waals surface area contributed by atoms with Gasteiger partial charge < -0.3 is 14.9 Å². The number of aliphatic hydroxyl groups is 2. The SMILES string of the molecule is Cc1ccccc1OC[C@@H](O)CO. The van der Waals surface area contributed by atoms with Gasteiger partial charge in [0.15, 0.2) is 0 Å². The summed E-state index contributed by atoms with van der Waals surface area (Å²) in [6, 6.07) is 7.55. The molecule has 0 aliphatic heterocycles. The predicted octanol–water partition coefficient (Wildman–Crippen LogP) is 0.727. The fraction of sp³-hybridized carbons (Fsp3) is 0.400. The Labute approximate surface area is 77.6 Å². The second kappa shape index (κ2) is 4.84. The first-order valence-corrected chi connectivity index (χ1v) is 4.21. The van der Waals surface area contributed by atoms with Crippen molar-refractivity contribution in [3.8, 4) is 5.75 Å². The van der Waals surface area contributed by atoms with Crippen molar-refractivity contribution in [1.29, 1.82) is 0 Å². The number of hydrogen-bond donors (Lipinski definition) is 2. The van der Waals surface area contributed by atoms with Crippen molar-refractivity contribution in [1.82, 2.24) is 0 Å². The van der Waals surface area contributed by atoms with E-state index >= 15 is 0 Å². The second-order valence-corrected chi connectivity index (χ2v) is 2.91. The molecule has 0 spiro atoms. The first-order valence-electron chi connectivity index (χ1n) is 4.21. The van der Waals surface area contributed by atoms with E-state index in [9.17, 15) is 0 Å². The lowest BCUT2D eigenvalue weighted by molar-refractivity contribution is 0.0534. The van der Waals surface area contributed by atoms with E-state index in [1.807, 2.05) is 31.2 Å². The molecule has 0 unspecified atom stereocenters. The Bertz CT molecular complexity index is 260. The topological polar surface area (TPSA) is 49.7 Å². The number of para-hydroxylation sites is 1. The number of benzene rings is 1. The van der Waals surface area contributed by atoms with Crippen molar-refractivity contribution < 1.29 is 14.9 Å². The maximum Gasteiger partial charge on any atom is 0.122 e. The average Bonchev–Trinajstić information content (AvgIpc) is 2.16. The monoisotopic (exact) mass is 182 g/mol. The van der Waals surface area contributed by atoms with E-state index in [1.54, 1.807) is 0 Å². The van der Waals surface area contributed by atoms with Gasteiger partial charge in [-0.05, 0) is 18.6 Å². The summed E-state index contributed by atoms with van der Waals surface area (Å²) >= 11 is 0. The molecule has 3 nitrogen and oxygen atoms in total. The van der Waals surface area contributed by atoms with Crippen LogP contribution in [0.25, 0.3) is 0 Å². The highest BCUT2D eigenvalue weighted by atomic mass is 16.5. The van der Waals surface area contributed by atoms with Crippen LogP contribution >= 0.6 is 0 Å². The molecule has 0 aliphatic carbocycles. The molecule has 3 heteroatoms. The minimum absolute atomic E-state index is 0.126. The molecule has 1 aromatic carbocycles. The zero-order valence-electron chi connectivity index (χ0n) is 7.60. The first-order chi connectivity index (χ1) is 6.24. The van der Waals surface area contributed by atoms with Gasteiger partial charge in [0.2, 0.25) is 0 Å². The van der Waals surface area contributed by atoms with Crippen LogP contribution in [0.15, 0.2) is 24.3 Å². The summed E-state index contributed by atoms with van der Waals surface area (Å²) < 4.78 is 5.28. The zero-order chi connectivity index (χ0) is 9.68. The van der Waals surface area contributed by atoms with Crippen LogP contribution in [-0.2, 0) is 0 Å². The molecule has 13 heavy (non-hydrogen) atoms. The van der Waals surface area contributed by atoms with Gasteiger partial charge in [0.1, 0.15) is 18.5 Å². The molecule has 0 bridgehead atoms. The Morgan fingerprint density at radius 2 is 2.08 bits per heavy atom. The van der Waals surface area contributed by atoms with Crippen LogP contribution in [0.4, 0.5) is 0 Å². The van der Waals surface area contributed by atoms with Crippen LogP contribution in [0.2, 0.25) is 0 Å². The van der Waals surface area contributed by atoms with Gasteiger partial charge >= 0.3 is 0 Å². The Kier molecular flexibility index (Phi) is 3.73. The molecular formula is C10H14O3. The Morgan fingerprint density at radius 1 is 1.38 bits per heavy atom. The molecule has 0 radical (unpaired) electrons. The van der Waals surface area contributed by atoms with E-state index in [1.165, 1.54) is 0 Å². The van der Waals surface area contributed by atoms with E-state index < -0.39 is 6.10 Å². The van der Waals surface area contributed by atoms with Gasteiger partial charge in [0.25, 0.3) is 0 Å². The van der Waals surface area contributed by atoms with Crippen LogP contribution in [0.1, 0.15) is 5.56 Å². The van der Waals surface area contributed by atoms with Gasteiger partial charge in [0.05, 0.1) is 6.61 Å². The van der Waals surface area contributed by atoms with Gasteiger partial charge in [-0.2, -0.15) is 0 Å². The van der Waals surface area contributed by atoms with Crippen molar-refractivity contribution >= 4 is 0 Å². The molecule has 2 N–H and O–H groups in total. The van der Waals surface area contributed by atoms with Gasteiger partial charge in [-0.3, -0.25) is 0 Å². The lowest BCUT2D eigenvalue weighted by Gasteiger charge is -2.11. The predicted molar refractivity (Wildman–Crippen MR) is 49.8 cm³/mol. The Balaban J connectivity index is 2.50. The zero-order valence-corrected chi connectivity index (χ0v) is 7.60. The molecule has 1 aromatic rings. The summed E-state index contributed by atoms with van der Waals surface area (Å²) in [7, 11) is 0. The Hall–Kier alpha value is -1.06. The minimum atomic E-state index is -0.806. The van der Waals surface area contributed by atoms with Crippen LogP contribution in [0, 0.1) is 6.92 Å². The Morgan fingerprint density at radius 3 is 2.69 bits per heavy atom. The summed E-state index contributed by atoms with van der Waals surface area (Å²) in [4.78, 5) is 0. The molecule has 0 aromatic heterocycles. The molecule has 0 heterocycles. The van der Waals surface area contributed by atoms with Crippen molar-refractivity contribution in [2.45, 2.75) is 13.0 Å². The second-order valence-electron chi connectivity index (χ2n) is 2.91. The molecule has 72 valence electrons. The van der Waals surface area contributed by atoms with Crippen molar-refractivity contribution in [3.63, 3.8) is 0 Å². The molecular weight excluding hydrogens is 168 g/mol. The van der Waals surface area contributed by atoms with Crippen LogP contribution < -0.4 is 4.74 Å². The minimum Gasteiger partial charge on any atom is -0.491 e. The molecule has 0 aliphatic rings. The summed E-state index contributed by atoms with van der Waals surface area (Å²) in [5, 5.41) is 17.6. The molecule has 1 atom stereocenters. The summed E-state index contributed by atoms with van der Waals surface area (Å²) in [5.74, 6) is 0.745. The molecule has 0 saturated heterocycles. The fourth-order valence-electron chi connectivity index (χ4n) is 0.957. The van der Waals surface area contributed by atoms with E-state index in [4.69, 9.17) is 14.9 Å². The number of aryl methyl sites for hydroxylation is 1. The molecule has 1 rings (SSSR count). The van der Waals surface area contributed by atoms with Crippen LogP contribution in [0.3, 0.4) is 0 Å². The largest absolute Gasteiger partial charge is 0.491 e. The summed E-state index contributed by atoms with van der Waals surface area (Å²) in [6.45, 7) is 1.79. The van der Waals surface area contributed by atoms with E-state index in [0.717, 1.165) is 11.3 Å². The van der Waals surface area contributed by atoms with Gasteiger partial charge in [-0.1, -0.05) is 18.2 Å². The third-order valence-electron chi connectivity index (χ3n) is 1.74. The van der Waals surface area contributed by atoms with E-state index in [2.05, 4.69) is 0 Å². The fourth-order valence-corrected chi connectivity index (χ4v) is 0.957. The normalized spacial score (nSPS) is 12.5. The maximum atomic E-state index is 9.04. The maximum absolute atomic E-state index is 9.04. The molecule has 0 amide bonds. The lowest BCUT2D eigenvalue weighted by Crippen LogP contribution is -2.21. The highest BCUT2D eigenvalue weighted by Gasteiger charge is 2.03. The highest BCUT2D eigenvalue weighted by Crippen LogP contribution is 2.15. The molecule has 0 saturated carbocycles. The van der Waals surface area contributed by atoms with Crippen LogP contribution in [-0.4, -0.2) is 29.5 Å². The molecule has 0 fully saturated rings. The highest BCUT2D eigenvalue weighted by molar-refractivity contribution is 5.31. The number of rotatable bonds is 4. The first kappa shape index (κ1) is 10.0. The van der Waals surface area contributed by atoms with Crippen LogP contribution in [0.5, 0.6) is 5.75 Å². The van der Waals surface area contributed by atoms with Crippen molar-refractivity contribution in [2.75, 3.05) is 13.2 Å². The lowest BCUT2D eigenvalue weighted by atomic mass is 10.2. The van der Waals surface area contributed by atoms with Gasteiger partial charge in [-0.25, -0.2) is 0 Å². The third kappa shape index (κ3) is 3.05.